The maximum Gasteiger partial charge on any atom is 0.274 e. The Morgan fingerprint density at radius 2 is 1.88 bits per heavy atom. The molecule has 1 aromatic heterocycles. The van der Waals surface area contributed by atoms with Gasteiger partial charge in [-0.2, -0.15) is 0 Å². The third kappa shape index (κ3) is 3.75. The summed E-state index contributed by atoms with van der Waals surface area (Å²) in [5, 5.41) is 12.2. The SMILES string of the molecule is Cc1ccc(Nc2nnc(Cc3ccccc3Cl)c(=O)[nH]2)cc1Cl. The van der Waals surface area contributed by atoms with Gasteiger partial charge in [0.25, 0.3) is 5.56 Å². The Morgan fingerprint density at radius 1 is 1.08 bits per heavy atom. The van der Waals surface area contributed by atoms with Crippen LogP contribution in [0.1, 0.15) is 16.8 Å². The van der Waals surface area contributed by atoms with E-state index in [4.69, 9.17) is 23.2 Å². The largest absolute Gasteiger partial charge is 0.324 e. The molecular formula is C17H14Cl2N4O. The van der Waals surface area contributed by atoms with Gasteiger partial charge in [-0.25, -0.2) is 0 Å². The van der Waals surface area contributed by atoms with Crippen LogP contribution >= 0.6 is 23.2 Å². The van der Waals surface area contributed by atoms with Gasteiger partial charge < -0.3 is 5.32 Å². The lowest BCUT2D eigenvalue weighted by atomic mass is 10.1. The number of nitrogens with one attached hydrogen (secondary N) is 2. The smallest absolute Gasteiger partial charge is 0.274 e. The summed E-state index contributed by atoms with van der Waals surface area (Å²) in [6, 6.07) is 12.8. The van der Waals surface area contributed by atoms with Crippen molar-refractivity contribution in [1.29, 1.82) is 0 Å². The average Bonchev–Trinajstić information content (AvgIpc) is 2.55. The van der Waals surface area contributed by atoms with Gasteiger partial charge in [0.2, 0.25) is 5.95 Å². The van der Waals surface area contributed by atoms with Crippen molar-refractivity contribution >= 4 is 34.8 Å². The Labute approximate surface area is 148 Å². The molecule has 0 aliphatic heterocycles. The van der Waals surface area contributed by atoms with Crippen LogP contribution in [0.4, 0.5) is 11.6 Å². The van der Waals surface area contributed by atoms with E-state index in [9.17, 15) is 4.79 Å². The predicted octanol–water partition coefficient (Wildman–Crippen LogP) is 4.11. The minimum absolute atomic E-state index is 0.253. The molecule has 0 fully saturated rings. The van der Waals surface area contributed by atoms with E-state index in [1.807, 2.05) is 37.3 Å². The first-order valence-electron chi connectivity index (χ1n) is 7.25. The van der Waals surface area contributed by atoms with Gasteiger partial charge in [0.05, 0.1) is 0 Å². The molecule has 0 aliphatic rings. The first-order valence-corrected chi connectivity index (χ1v) is 8.01. The third-order valence-electron chi connectivity index (χ3n) is 3.52. The summed E-state index contributed by atoms with van der Waals surface area (Å²) < 4.78 is 0. The maximum absolute atomic E-state index is 12.2. The van der Waals surface area contributed by atoms with Crippen LogP contribution in [0.25, 0.3) is 0 Å². The molecule has 122 valence electrons. The second-order valence-electron chi connectivity index (χ2n) is 5.31. The van der Waals surface area contributed by atoms with Gasteiger partial charge in [-0.1, -0.05) is 47.5 Å². The molecule has 0 bridgehead atoms. The minimum atomic E-state index is -0.314. The van der Waals surface area contributed by atoms with Crippen molar-refractivity contribution in [2.45, 2.75) is 13.3 Å². The first kappa shape index (κ1) is 16.5. The molecule has 5 nitrogen and oxygen atoms in total. The van der Waals surface area contributed by atoms with Gasteiger partial charge in [0, 0.05) is 22.2 Å². The monoisotopic (exact) mass is 360 g/mol. The Balaban J connectivity index is 1.81. The van der Waals surface area contributed by atoms with Gasteiger partial charge in [0.1, 0.15) is 5.69 Å². The van der Waals surface area contributed by atoms with Gasteiger partial charge in [-0.05, 0) is 36.2 Å². The second kappa shape index (κ2) is 7.03. The van der Waals surface area contributed by atoms with E-state index in [1.165, 1.54) is 0 Å². The topological polar surface area (TPSA) is 70.7 Å². The Hall–Kier alpha value is -2.37. The molecule has 3 rings (SSSR count). The Kier molecular flexibility index (Phi) is 4.83. The predicted molar refractivity (Wildman–Crippen MR) is 96.4 cm³/mol. The molecule has 2 aromatic carbocycles. The number of aromatic amines is 1. The van der Waals surface area contributed by atoms with Crippen LogP contribution in [0.5, 0.6) is 0 Å². The van der Waals surface area contributed by atoms with E-state index in [0.717, 1.165) is 16.8 Å². The highest BCUT2D eigenvalue weighted by molar-refractivity contribution is 6.31. The minimum Gasteiger partial charge on any atom is -0.324 e. The number of hydrogen-bond donors (Lipinski definition) is 2. The van der Waals surface area contributed by atoms with Crippen LogP contribution in [-0.4, -0.2) is 15.2 Å². The van der Waals surface area contributed by atoms with Crippen LogP contribution in [0, 0.1) is 6.92 Å². The number of aromatic nitrogens is 3. The van der Waals surface area contributed by atoms with E-state index < -0.39 is 0 Å². The van der Waals surface area contributed by atoms with Crippen molar-refractivity contribution in [3.63, 3.8) is 0 Å². The van der Waals surface area contributed by atoms with E-state index in [0.29, 0.717) is 22.2 Å². The summed E-state index contributed by atoms with van der Waals surface area (Å²) in [6.45, 7) is 1.91. The number of nitrogens with zero attached hydrogens (tertiary/aromatic N) is 2. The second-order valence-corrected chi connectivity index (χ2v) is 6.12. The highest BCUT2D eigenvalue weighted by atomic mass is 35.5. The van der Waals surface area contributed by atoms with Crippen molar-refractivity contribution < 1.29 is 0 Å². The van der Waals surface area contributed by atoms with Crippen LogP contribution in [0.3, 0.4) is 0 Å². The zero-order chi connectivity index (χ0) is 17.1. The molecule has 24 heavy (non-hydrogen) atoms. The van der Waals surface area contributed by atoms with Crippen molar-refractivity contribution in [2.75, 3.05) is 5.32 Å². The van der Waals surface area contributed by atoms with E-state index in [1.54, 1.807) is 12.1 Å². The molecule has 0 saturated heterocycles. The molecule has 0 spiro atoms. The molecule has 0 atom stereocenters. The molecule has 3 aromatic rings. The number of benzene rings is 2. The fourth-order valence-electron chi connectivity index (χ4n) is 2.16. The lowest BCUT2D eigenvalue weighted by molar-refractivity contribution is 0.874. The van der Waals surface area contributed by atoms with Crippen LogP contribution < -0.4 is 10.9 Å². The van der Waals surface area contributed by atoms with Crippen LogP contribution in [-0.2, 0) is 6.42 Å². The highest BCUT2D eigenvalue weighted by Gasteiger charge is 2.09. The van der Waals surface area contributed by atoms with Crippen molar-refractivity contribution in [2.24, 2.45) is 0 Å². The Bertz CT molecular complexity index is 940. The standard InChI is InChI=1S/C17H14Cl2N4O/c1-10-6-7-12(9-14(10)19)20-17-21-16(24)15(22-23-17)8-11-4-2-3-5-13(11)18/h2-7,9H,8H2,1H3,(H2,20,21,23,24). The molecule has 0 unspecified atom stereocenters. The number of aryl methyl sites for hydroxylation is 1. The molecule has 0 radical (unpaired) electrons. The molecule has 0 amide bonds. The fraction of sp³-hybridized carbons (Fsp3) is 0.118. The number of halogens is 2. The highest BCUT2D eigenvalue weighted by Crippen LogP contribution is 2.21. The summed E-state index contributed by atoms with van der Waals surface area (Å²) in [5.74, 6) is 0.253. The summed E-state index contributed by atoms with van der Waals surface area (Å²) in [7, 11) is 0. The summed E-state index contributed by atoms with van der Waals surface area (Å²) >= 11 is 12.2. The van der Waals surface area contributed by atoms with Crippen molar-refractivity contribution in [3.8, 4) is 0 Å². The molecule has 0 aliphatic carbocycles. The van der Waals surface area contributed by atoms with Gasteiger partial charge in [-0.3, -0.25) is 9.78 Å². The number of rotatable bonds is 4. The summed E-state index contributed by atoms with van der Waals surface area (Å²) in [4.78, 5) is 14.9. The van der Waals surface area contributed by atoms with Gasteiger partial charge >= 0.3 is 0 Å². The number of H-pyrrole nitrogens is 1. The van der Waals surface area contributed by atoms with E-state index >= 15 is 0 Å². The van der Waals surface area contributed by atoms with Crippen molar-refractivity contribution in [1.82, 2.24) is 15.2 Å². The molecule has 0 saturated carbocycles. The lowest BCUT2D eigenvalue weighted by Gasteiger charge is -2.07. The van der Waals surface area contributed by atoms with Crippen LogP contribution in [0.15, 0.2) is 47.3 Å². The Morgan fingerprint density at radius 3 is 2.58 bits per heavy atom. The zero-order valence-corrected chi connectivity index (χ0v) is 14.3. The zero-order valence-electron chi connectivity index (χ0n) is 12.8. The number of hydrogen-bond acceptors (Lipinski definition) is 4. The molecule has 1 heterocycles. The van der Waals surface area contributed by atoms with Crippen LogP contribution in [0.2, 0.25) is 10.0 Å². The first-order chi connectivity index (χ1) is 11.5. The van der Waals surface area contributed by atoms with E-state index in [2.05, 4.69) is 20.5 Å². The molecular weight excluding hydrogens is 347 g/mol. The number of anilines is 2. The average molecular weight is 361 g/mol. The fourth-order valence-corrected chi connectivity index (χ4v) is 2.54. The molecule has 7 heteroatoms. The van der Waals surface area contributed by atoms with E-state index in [-0.39, 0.29) is 11.5 Å². The lowest BCUT2D eigenvalue weighted by Crippen LogP contribution is -2.19. The van der Waals surface area contributed by atoms with Gasteiger partial charge in [0.15, 0.2) is 0 Å². The maximum atomic E-state index is 12.2. The summed E-state index contributed by atoms with van der Waals surface area (Å²) in [6.07, 6.45) is 0.318. The molecule has 2 N–H and O–H groups in total. The summed E-state index contributed by atoms with van der Waals surface area (Å²) in [5.41, 5.74) is 2.50. The van der Waals surface area contributed by atoms with Gasteiger partial charge in [-0.15, -0.1) is 10.2 Å². The van der Waals surface area contributed by atoms with Crippen molar-refractivity contribution in [3.05, 3.63) is 79.7 Å². The normalized spacial score (nSPS) is 10.6. The third-order valence-corrected chi connectivity index (χ3v) is 4.29. The quantitative estimate of drug-likeness (QED) is 0.734.